The standard InChI is InChI=1S/C19H16ClNO6S/c1-26-19(23)13-9-11(7-8-15(13)20)21-18(22)17-14(10-28(2,24)25)12-5-3-4-6-16(12)27-17/h3-9H,10H2,1-2H3,(H,21,22). The molecule has 0 saturated carbocycles. The molecular formula is C19H16ClNO6S. The van der Waals surface area contributed by atoms with Gasteiger partial charge in [0.15, 0.2) is 15.6 Å². The van der Waals surface area contributed by atoms with Gasteiger partial charge in [-0.25, -0.2) is 13.2 Å². The van der Waals surface area contributed by atoms with Crippen LogP contribution in [-0.4, -0.2) is 33.7 Å². The topological polar surface area (TPSA) is 103 Å². The number of sulfone groups is 1. The molecular weight excluding hydrogens is 406 g/mol. The van der Waals surface area contributed by atoms with Crippen LogP contribution in [0.5, 0.6) is 0 Å². The number of carbonyl (C=O) groups is 2. The van der Waals surface area contributed by atoms with Crippen molar-refractivity contribution in [1.29, 1.82) is 0 Å². The zero-order valence-corrected chi connectivity index (χ0v) is 16.6. The van der Waals surface area contributed by atoms with Gasteiger partial charge in [0.05, 0.1) is 23.4 Å². The molecule has 28 heavy (non-hydrogen) atoms. The summed E-state index contributed by atoms with van der Waals surface area (Å²) in [6, 6.07) is 11.1. The number of hydrogen-bond donors (Lipinski definition) is 1. The summed E-state index contributed by atoms with van der Waals surface area (Å²) in [4.78, 5) is 24.5. The monoisotopic (exact) mass is 421 g/mol. The number of carbonyl (C=O) groups excluding carboxylic acids is 2. The predicted molar refractivity (Wildman–Crippen MR) is 106 cm³/mol. The van der Waals surface area contributed by atoms with Gasteiger partial charge in [-0.15, -0.1) is 0 Å². The number of methoxy groups -OCH3 is 1. The number of anilines is 1. The number of amides is 1. The minimum Gasteiger partial charge on any atom is -0.465 e. The average molecular weight is 422 g/mol. The molecule has 7 nitrogen and oxygen atoms in total. The quantitative estimate of drug-likeness (QED) is 0.630. The molecule has 1 heterocycles. The molecule has 1 amide bonds. The molecule has 0 radical (unpaired) electrons. The third-order valence-electron chi connectivity index (χ3n) is 3.94. The van der Waals surface area contributed by atoms with Crippen molar-refractivity contribution >= 4 is 50.0 Å². The molecule has 0 aliphatic heterocycles. The Bertz CT molecular complexity index is 1180. The highest BCUT2D eigenvalue weighted by atomic mass is 35.5. The minimum absolute atomic E-state index is 0.0860. The summed E-state index contributed by atoms with van der Waals surface area (Å²) in [5.74, 6) is -1.75. The van der Waals surface area contributed by atoms with Crippen LogP contribution in [0.3, 0.4) is 0 Å². The molecule has 0 aliphatic rings. The minimum atomic E-state index is -3.41. The zero-order chi connectivity index (χ0) is 20.5. The fraction of sp³-hybridized carbons (Fsp3) is 0.158. The van der Waals surface area contributed by atoms with Crippen molar-refractivity contribution in [3.63, 3.8) is 0 Å². The molecule has 146 valence electrons. The fourth-order valence-electron chi connectivity index (χ4n) is 2.74. The molecule has 0 saturated heterocycles. The number of benzene rings is 2. The van der Waals surface area contributed by atoms with E-state index in [0.717, 1.165) is 6.26 Å². The second-order valence-electron chi connectivity index (χ2n) is 6.12. The van der Waals surface area contributed by atoms with Crippen molar-refractivity contribution in [2.24, 2.45) is 0 Å². The van der Waals surface area contributed by atoms with Gasteiger partial charge in [0, 0.05) is 22.9 Å². The molecule has 0 atom stereocenters. The second kappa shape index (κ2) is 7.65. The molecule has 0 fully saturated rings. The van der Waals surface area contributed by atoms with E-state index < -0.39 is 21.7 Å². The lowest BCUT2D eigenvalue weighted by Crippen LogP contribution is -2.15. The lowest BCUT2D eigenvalue weighted by molar-refractivity contribution is 0.0600. The molecule has 9 heteroatoms. The van der Waals surface area contributed by atoms with Crippen LogP contribution in [0, 0.1) is 0 Å². The molecule has 3 rings (SSSR count). The first-order chi connectivity index (χ1) is 13.2. The lowest BCUT2D eigenvalue weighted by atomic mass is 10.1. The van der Waals surface area contributed by atoms with Crippen LogP contribution in [0.25, 0.3) is 11.0 Å². The van der Waals surface area contributed by atoms with E-state index >= 15 is 0 Å². The maximum Gasteiger partial charge on any atom is 0.339 e. The number of rotatable bonds is 5. The average Bonchev–Trinajstić information content (AvgIpc) is 3.00. The first-order valence-electron chi connectivity index (χ1n) is 8.07. The van der Waals surface area contributed by atoms with Crippen molar-refractivity contribution in [2.75, 3.05) is 18.7 Å². The Kier molecular flexibility index (Phi) is 5.44. The van der Waals surface area contributed by atoms with E-state index in [9.17, 15) is 18.0 Å². The number of ether oxygens (including phenoxy) is 1. The molecule has 3 aromatic rings. The highest BCUT2D eigenvalue weighted by Gasteiger charge is 2.24. The maximum atomic E-state index is 12.8. The van der Waals surface area contributed by atoms with Crippen LogP contribution < -0.4 is 5.32 Å². The summed E-state index contributed by atoms with van der Waals surface area (Å²) >= 11 is 5.98. The number of halogens is 1. The van der Waals surface area contributed by atoms with Gasteiger partial charge in [-0.05, 0) is 24.3 Å². The second-order valence-corrected chi connectivity index (χ2v) is 8.66. The Hall–Kier alpha value is -2.84. The smallest absolute Gasteiger partial charge is 0.339 e. The Morgan fingerprint density at radius 1 is 1.18 bits per heavy atom. The number of fused-ring (bicyclic) bond motifs is 1. The molecule has 1 N–H and O–H groups in total. The Labute approximate surface area is 166 Å². The predicted octanol–water partition coefficient (Wildman–Crippen LogP) is 3.67. The first-order valence-corrected chi connectivity index (χ1v) is 10.5. The summed E-state index contributed by atoms with van der Waals surface area (Å²) in [6.45, 7) is 0. The van der Waals surface area contributed by atoms with E-state index in [-0.39, 0.29) is 33.4 Å². The molecule has 0 bridgehead atoms. The summed E-state index contributed by atoms with van der Waals surface area (Å²) in [7, 11) is -2.19. The molecule has 1 aromatic heterocycles. The molecule has 0 aliphatic carbocycles. The summed E-state index contributed by atoms with van der Waals surface area (Å²) in [5.41, 5.74) is 1.04. The van der Waals surface area contributed by atoms with Gasteiger partial charge in [0.2, 0.25) is 0 Å². The summed E-state index contributed by atoms with van der Waals surface area (Å²) < 4.78 is 33.9. The van der Waals surface area contributed by atoms with Crippen LogP contribution in [0.2, 0.25) is 5.02 Å². The van der Waals surface area contributed by atoms with Crippen LogP contribution in [0.4, 0.5) is 5.69 Å². The van der Waals surface area contributed by atoms with Gasteiger partial charge in [0.25, 0.3) is 5.91 Å². The Morgan fingerprint density at radius 2 is 1.89 bits per heavy atom. The molecule has 2 aromatic carbocycles. The van der Waals surface area contributed by atoms with Gasteiger partial charge in [-0.3, -0.25) is 4.79 Å². The number of para-hydroxylation sites is 1. The van der Waals surface area contributed by atoms with Gasteiger partial charge in [-0.2, -0.15) is 0 Å². The first kappa shape index (κ1) is 19.9. The van der Waals surface area contributed by atoms with Crippen molar-refractivity contribution in [3.05, 3.63) is 64.4 Å². The number of furan rings is 1. The molecule has 0 spiro atoms. The summed E-state index contributed by atoms with van der Waals surface area (Å²) in [5, 5.41) is 3.32. The van der Waals surface area contributed by atoms with Gasteiger partial charge >= 0.3 is 5.97 Å². The van der Waals surface area contributed by atoms with E-state index in [4.69, 9.17) is 16.0 Å². The lowest BCUT2D eigenvalue weighted by Gasteiger charge is -2.08. The van der Waals surface area contributed by atoms with E-state index in [1.54, 1.807) is 24.3 Å². The van der Waals surface area contributed by atoms with Crippen LogP contribution in [0.1, 0.15) is 26.5 Å². The maximum absolute atomic E-state index is 12.8. The normalized spacial score (nSPS) is 11.4. The third-order valence-corrected chi connectivity index (χ3v) is 5.08. The van der Waals surface area contributed by atoms with E-state index in [2.05, 4.69) is 10.1 Å². The van der Waals surface area contributed by atoms with Crippen molar-refractivity contribution in [2.45, 2.75) is 5.75 Å². The zero-order valence-electron chi connectivity index (χ0n) is 15.0. The largest absolute Gasteiger partial charge is 0.465 e. The highest BCUT2D eigenvalue weighted by Crippen LogP contribution is 2.29. The highest BCUT2D eigenvalue weighted by molar-refractivity contribution is 7.89. The summed E-state index contributed by atoms with van der Waals surface area (Å²) in [6.07, 6.45) is 1.08. The SMILES string of the molecule is COC(=O)c1cc(NC(=O)c2oc3ccccc3c2CS(C)(=O)=O)ccc1Cl. The fourth-order valence-corrected chi connectivity index (χ4v) is 3.75. The van der Waals surface area contributed by atoms with Gasteiger partial charge in [-0.1, -0.05) is 29.8 Å². The van der Waals surface area contributed by atoms with Crippen molar-refractivity contribution in [3.8, 4) is 0 Å². The molecule has 0 unspecified atom stereocenters. The van der Waals surface area contributed by atoms with Gasteiger partial charge < -0.3 is 14.5 Å². The number of esters is 1. The van der Waals surface area contributed by atoms with Crippen LogP contribution in [-0.2, 0) is 20.3 Å². The van der Waals surface area contributed by atoms with Gasteiger partial charge in [0.1, 0.15) is 5.58 Å². The number of nitrogens with one attached hydrogen (secondary N) is 1. The van der Waals surface area contributed by atoms with Crippen molar-refractivity contribution < 1.29 is 27.2 Å². The number of hydrogen-bond acceptors (Lipinski definition) is 6. The van der Waals surface area contributed by atoms with E-state index in [1.165, 1.54) is 25.3 Å². The van der Waals surface area contributed by atoms with E-state index in [0.29, 0.717) is 11.0 Å². The van der Waals surface area contributed by atoms with E-state index in [1.807, 2.05) is 0 Å². The van der Waals surface area contributed by atoms with Crippen LogP contribution >= 0.6 is 11.6 Å². The van der Waals surface area contributed by atoms with Crippen LogP contribution in [0.15, 0.2) is 46.9 Å². The van der Waals surface area contributed by atoms with Crippen molar-refractivity contribution in [1.82, 2.24) is 0 Å². The third kappa shape index (κ3) is 4.18. The Balaban J connectivity index is 2.00. The Morgan fingerprint density at radius 3 is 2.57 bits per heavy atom.